The van der Waals surface area contributed by atoms with E-state index in [4.69, 9.17) is 4.74 Å². The van der Waals surface area contributed by atoms with Gasteiger partial charge in [0.15, 0.2) is 0 Å². The van der Waals surface area contributed by atoms with Crippen LogP contribution in [-0.4, -0.2) is 32.1 Å². The van der Waals surface area contributed by atoms with Crippen LogP contribution in [0, 0.1) is 11.8 Å². The van der Waals surface area contributed by atoms with Crippen LogP contribution in [0.5, 0.6) is 5.75 Å². The second-order valence-corrected chi connectivity index (χ2v) is 5.96. The Labute approximate surface area is 110 Å². The van der Waals surface area contributed by atoms with Crippen molar-refractivity contribution in [3.63, 3.8) is 0 Å². The molecule has 1 aliphatic carbocycles. The maximum atomic E-state index is 5.37. The Morgan fingerprint density at radius 1 is 1.22 bits per heavy atom. The third-order valence-corrected chi connectivity index (χ3v) is 4.80. The first kappa shape index (κ1) is 12.0. The normalized spacial score (nSPS) is 32.2. The first-order chi connectivity index (χ1) is 8.78. The minimum absolute atomic E-state index is 0.740. The van der Waals surface area contributed by atoms with Gasteiger partial charge in [-0.2, -0.15) is 0 Å². The number of hydrogen-bond acceptors (Lipinski definition) is 2. The monoisotopic (exact) mass is 245 g/mol. The first-order valence-corrected chi connectivity index (χ1v) is 7.10. The molecule has 1 saturated heterocycles. The van der Waals surface area contributed by atoms with E-state index in [2.05, 4.69) is 30.1 Å². The molecule has 1 saturated carbocycles. The van der Waals surface area contributed by atoms with E-state index in [1.54, 1.807) is 7.11 Å². The summed E-state index contributed by atoms with van der Waals surface area (Å²) in [7, 11) is 4.02. The van der Waals surface area contributed by atoms with Gasteiger partial charge >= 0.3 is 0 Å². The summed E-state index contributed by atoms with van der Waals surface area (Å²) in [5.41, 5.74) is 1.49. The zero-order valence-corrected chi connectivity index (χ0v) is 11.4. The van der Waals surface area contributed by atoms with Gasteiger partial charge in [0.05, 0.1) is 7.11 Å². The SMILES string of the molecule is COc1cccc(C2CCC[C@H]3CN(C)CC23)c1. The van der Waals surface area contributed by atoms with E-state index in [1.165, 1.54) is 37.9 Å². The van der Waals surface area contributed by atoms with E-state index in [9.17, 15) is 0 Å². The van der Waals surface area contributed by atoms with Crippen molar-refractivity contribution in [3.8, 4) is 5.75 Å². The molecule has 2 aliphatic rings. The second kappa shape index (κ2) is 4.93. The van der Waals surface area contributed by atoms with Crippen LogP contribution in [0.4, 0.5) is 0 Å². The van der Waals surface area contributed by atoms with Crippen LogP contribution in [0.25, 0.3) is 0 Å². The smallest absolute Gasteiger partial charge is 0.119 e. The van der Waals surface area contributed by atoms with Gasteiger partial charge < -0.3 is 9.64 Å². The zero-order valence-electron chi connectivity index (χ0n) is 11.4. The fourth-order valence-electron chi connectivity index (χ4n) is 3.98. The molecule has 2 fully saturated rings. The van der Waals surface area contributed by atoms with Crippen LogP contribution in [-0.2, 0) is 0 Å². The highest BCUT2D eigenvalue weighted by atomic mass is 16.5. The molecule has 18 heavy (non-hydrogen) atoms. The van der Waals surface area contributed by atoms with Crippen molar-refractivity contribution in [2.24, 2.45) is 11.8 Å². The van der Waals surface area contributed by atoms with Crippen LogP contribution >= 0.6 is 0 Å². The van der Waals surface area contributed by atoms with Gasteiger partial charge in [-0.1, -0.05) is 18.6 Å². The number of nitrogens with zero attached hydrogens (tertiary/aromatic N) is 1. The lowest BCUT2D eigenvalue weighted by Gasteiger charge is -2.33. The van der Waals surface area contributed by atoms with Gasteiger partial charge in [-0.25, -0.2) is 0 Å². The summed E-state index contributed by atoms with van der Waals surface area (Å²) < 4.78 is 5.37. The molecule has 3 rings (SSSR count). The predicted molar refractivity (Wildman–Crippen MR) is 74.1 cm³/mol. The number of benzene rings is 1. The van der Waals surface area contributed by atoms with Crippen molar-refractivity contribution in [2.45, 2.75) is 25.2 Å². The average molecular weight is 245 g/mol. The summed E-state index contributed by atoms with van der Waals surface area (Å²) in [6, 6.07) is 8.71. The van der Waals surface area contributed by atoms with Crippen LogP contribution in [0.1, 0.15) is 30.7 Å². The number of methoxy groups -OCH3 is 1. The van der Waals surface area contributed by atoms with E-state index >= 15 is 0 Å². The second-order valence-electron chi connectivity index (χ2n) is 5.96. The molecule has 2 heteroatoms. The fourth-order valence-corrected chi connectivity index (χ4v) is 3.98. The number of rotatable bonds is 2. The Balaban J connectivity index is 1.85. The Morgan fingerprint density at radius 2 is 2.11 bits per heavy atom. The Kier molecular flexibility index (Phi) is 3.29. The number of hydrogen-bond donors (Lipinski definition) is 0. The summed E-state index contributed by atoms with van der Waals surface area (Å²) in [6.07, 6.45) is 4.16. The van der Waals surface area contributed by atoms with Gasteiger partial charge in [-0.15, -0.1) is 0 Å². The molecule has 2 nitrogen and oxygen atoms in total. The molecule has 2 unspecified atom stereocenters. The highest BCUT2D eigenvalue weighted by Crippen LogP contribution is 2.45. The van der Waals surface area contributed by atoms with Gasteiger partial charge in [-0.05, 0) is 55.3 Å². The van der Waals surface area contributed by atoms with E-state index < -0.39 is 0 Å². The maximum absolute atomic E-state index is 5.37. The Bertz CT molecular complexity index is 417. The molecule has 0 spiro atoms. The average Bonchev–Trinajstić information content (AvgIpc) is 2.78. The van der Waals surface area contributed by atoms with Gasteiger partial charge in [-0.3, -0.25) is 0 Å². The van der Waals surface area contributed by atoms with Crippen LogP contribution in [0.2, 0.25) is 0 Å². The predicted octanol–water partition coefficient (Wildman–Crippen LogP) is 3.14. The number of ether oxygens (including phenoxy) is 1. The van der Waals surface area contributed by atoms with Crippen molar-refractivity contribution in [3.05, 3.63) is 29.8 Å². The molecule has 0 radical (unpaired) electrons. The molecule has 1 heterocycles. The van der Waals surface area contributed by atoms with Crippen LogP contribution in [0.3, 0.4) is 0 Å². The molecular formula is C16H23NO. The van der Waals surface area contributed by atoms with Crippen LogP contribution < -0.4 is 4.74 Å². The van der Waals surface area contributed by atoms with Gasteiger partial charge in [0.1, 0.15) is 5.75 Å². The summed E-state index contributed by atoms with van der Waals surface area (Å²) in [5, 5.41) is 0. The highest BCUT2D eigenvalue weighted by Gasteiger charge is 2.39. The standard InChI is InChI=1S/C16H23NO/c1-17-10-13-6-4-8-15(16(13)11-17)12-5-3-7-14(9-12)18-2/h3,5,7,9,13,15-16H,4,6,8,10-11H2,1-2H3/t13-,15?,16?/m0/s1. The Morgan fingerprint density at radius 3 is 2.94 bits per heavy atom. The van der Waals surface area contributed by atoms with Crippen molar-refractivity contribution in [1.82, 2.24) is 4.90 Å². The minimum Gasteiger partial charge on any atom is -0.497 e. The molecular weight excluding hydrogens is 222 g/mol. The summed E-state index contributed by atoms with van der Waals surface area (Å²) in [5.74, 6) is 3.51. The van der Waals surface area contributed by atoms with E-state index in [1.807, 2.05) is 6.07 Å². The van der Waals surface area contributed by atoms with E-state index in [0.29, 0.717) is 0 Å². The fraction of sp³-hybridized carbons (Fsp3) is 0.625. The maximum Gasteiger partial charge on any atom is 0.119 e. The minimum atomic E-state index is 0.740. The summed E-state index contributed by atoms with van der Waals surface area (Å²) in [6.45, 7) is 2.57. The van der Waals surface area contributed by atoms with Crippen molar-refractivity contribution >= 4 is 0 Å². The molecule has 0 N–H and O–H groups in total. The summed E-state index contributed by atoms with van der Waals surface area (Å²) >= 11 is 0. The third kappa shape index (κ3) is 2.14. The quantitative estimate of drug-likeness (QED) is 0.793. The Hall–Kier alpha value is -1.02. The lowest BCUT2D eigenvalue weighted by molar-refractivity contribution is 0.257. The molecule has 1 aromatic rings. The van der Waals surface area contributed by atoms with E-state index in [-0.39, 0.29) is 0 Å². The van der Waals surface area contributed by atoms with Crippen molar-refractivity contribution < 1.29 is 4.74 Å². The molecule has 3 atom stereocenters. The number of fused-ring (bicyclic) bond motifs is 1. The van der Waals surface area contributed by atoms with Gasteiger partial charge in [0.25, 0.3) is 0 Å². The molecule has 1 aromatic carbocycles. The largest absolute Gasteiger partial charge is 0.497 e. The molecule has 0 bridgehead atoms. The van der Waals surface area contributed by atoms with Crippen molar-refractivity contribution in [2.75, 3.05) is 27.2 Å². The molecule has 1 aliphatic heterocycles. The summed E-state index contributed by atoms with van der Waals surface area (Å²) in [4.78, 5) is 2.51. The van der Waals surface area contributed by atoms with Crippen molar-refractivity contribution in [1.29, 1.82) is 0 Å². The molecule has 0 aromatic heterocycles. The van der Waals surface area contributed by atoms with E-state index in [0.717, 1.165) is 23.5 Å². The van der Waals surface area contributed by atoms with Gasteiger partial charge in [0.2, 0.25) is 0 Å². The van der Waals surface area contributed by atoms with Crippen LogP contribution in [0.15, 0.2) is 24.3 Å². The zero-order chi connectivity index (χ0) is 12.5. The lowest BCUT2D eigenvalue weighted by atomic mass is 9.71. The first-order valence-electron chi connectivity index (χ1n) is 7.10. The lowest BCUT2D eigenvalue weighted by Crippen LogP contribution is -2.25. The third-order valence-electron chi connectivity index (χ3n) is 4.80. The topological polar surface area (TPSA) is 12.5 Å². The van der Waals surface area contributed by atoms with Gasteiger partial charge in [0, 0.05) is 13.1 Å². The molecule has 0 amide bonds. The number of likely N-dealkylation sites (tertiary alicyclic amines) is 1. The highest BCUT2D eigenvalue weighted by molar-refractivity contribution is 5.32. The molecule has 98 valence electrons.